The van der Waals surface area contributed by atoms with Crippen molar-refractivity contribution in [2.45, 2.75) is 61.4 Å². The van der Waals surface area contributed by atoms with Gasteiger partial charge in [-0.3, -0.25) is 4.79 Å². The second-order valence-corrected chi connectivity index (χ2v) is 12.7. The zero-order chi connectivity index (χ0) is 26.9. The molecule has 1 amide bonds. The molecule has 0 saturated heterocycles. The normalized spacial score (nSPS) is 21.4. The molecule has 2 aromatic heterocycles. The van der Waals surface area contributed by atoms with Crippen LogP contribution in [0.1, 0.15) is 69.7 Å². The molecule has 2 fully saturated rings. The van der Waals surface area contributed by atoms with Gasteiger partial charge in [0.25, 0.3) is 5.91 Å². The van der Waals surface area contributed by atoms with Gasteiger partial charge >= 0.3 is 6.18 Å². The average molecular weight is 576 g/mol. The zero-order valence-electron chi connectivity index (χ0n) is 20.8. The summed E-state index contributed by atoms with van der Waals surface area (Å²) < 4.78 is 56.8. The number of nitrogens with one attached hydrogen (secondary N) is 2. The highest BCUT2D eigenvalue weighted by Crippen LogP contribution is 2.47. The Hall–Kier alpha value is -2.70. The lowest BCUT2D eigenvalue weighted by molar-refractivity contribution is -0.137. The number of benzene rings is 1. The number of alkyl halides is 4. The molecule has 0 spiro atoms. The van der Waals surface area contributed by atoms with E-state index in [1.807, 2.05) is 17.0 Å². The van der Waals surface area contributed by atoms with Gasteiger partial charge in [0.05, 0.1) is 10.6 Å². The highest BCUT2D eigenvalue weighted by molar-refractivity contribution is 7.99. The molecule has 0 radical (unpaired) electrons. The molecule has 7 rings (SSSR count). The van der Waals surface area contributed by atoms with Crippen molar-refractivity contribution in [2.75, 3.05) is 24.2 Å². The molecule has 1 aromatic carbocycles. The maximum Gasteiger partial charge on any atom is 0.420 e. The van der Waals surface area contributed by atoms with E-state index in [1.165, 1.54) is 11.8 Å². The van der Waals surface area contributed by atoms with E-state index in [4.69, 9.17) is 0 Å². The number of rotatable bonds is 5. The van der Waals surface area contributed by atoms with Crippen LogP contribution in [0.5, 0.6) is 0 Å². The quantitative estimate of drug-likeness (QED) is 0.331. The molecule has 1 atom stereocenters. The summed E-state index contributed by atoms with van der Waals surface area (Å²) in [6, 6.07) is 5.63. The van der Waals surface area contributed by atoms with Gasteiger partial charge in [0, 0.05) is 48.2 Å². The Kier molecular flexibility index (Phi) is 6.12. The summed E-state index contributed by atoms with van der Waals surface area (Å²) in [6.07, 6.45) is -1.07. The topological polar surface area (TPSA) is 70.1 Å². The minimum Gasteiger partial charge on any atom is -0.334 e. The molecule has 39 heavy (non-hydrogen) atoms. The number of halogens is 4. The number of carbonyl (C=O) groups excluding carboxylic acids is 1. The Morgan fingerprint density at radius 1 is 1.10 bits per heavy atom. The van der Waals surface area contributed by atoms with Gasteiger partial charge in [-0.05, 0) is 60.4 Å². The summed E-state index contributed by atoms with van der Waals surface area (Å²) in [5, 5.41) is 6.20. The van der Waals surface area contributed by atoms with Crippen LogP contribution in [0.25, 0.3) is 10.6 Å². The number of hydrogen-bond donors (Lipinski definition) is 2. The lowest BCUT2D eigenvalue weighted by atomic mass is 9.94. The predicted molar refractivity (Wildman–Crippen MR) is 142 cm³/mol. The van der Waals surface area contributed by atoms with Crippen LogP contribution in [-0.2, 0) is 12.7 Å². The third-order valence-electron chi connectivity index (χ3n) is 7.61. The Morgan fingerprint density at radius 3 is 2.67 bits per heavy atom. The van der Waals surface area contributed by atoms with Crippen molar-refractivity contribution in [3.05, 3.63) is 51.5 Å². The first-order chi connectivity index (χ1) is 18.8. The van der Waals surface area contributed by atoms with E-state index >= 15 is 0 Å². The number of thiophene rings is 1. The number of fused-ring (bicyclic) bond motifs is 2. The van der Waals surface area contributed by atoms with Crippen LogP contribution in [-0.4, -0.2) is 45.7 Å². The molecule has 3 aromatic rings. The summed E-state index contributed by atoms with van der Waals surface area (Å²) >= 11 is 2.56. The van der Waals surface area contributed by atoms with Crippen molar-refractivity contribution in [3.63, 3.8) is 0 Å². The van der Waals surface area contributed by atoms with Gasteiger partial charge in [0.1, 0.15) is 16.6 Å². The number of hydrogen-bond acceptors (Lipinski definition) is 7. The predicted octanol–water partition coefficient (Wildman–Crippen LogP) is 6.67. The van der Waals surface area contributed by atoms with Crippen LogP contribution < -0.4 is 10.6 Å². The summed E-state index contributed by atoms with van der Waals surface area (Å²) in [5.41, 5.74) is 1.90. The van der Waals surface area contributed by atoms with Gasteiger partial charge in [-0.15, -0.1) is 23.1 Å². The fourth-order valence-corrected chi connectivity index (χ4v) is 7.65. The lowest BCUT2D eigenvalue weighted by Gasteiger charge is -2.24. The molecule has 4 heterocycles. The van der Waals surface area contributed by atoms with Crippen molar-refractivity contribution in [1.29, 1.82) is 0 Å². The molecule has 2 N–H and O–H groups in total. The summed E-state index contributed by atoms with van der Waals surface area (Å²) in [7, 11) is 0. The Balaban J connectivity index is 1.27. The Morgan fingerprint density at radius 2 is 1.92 bits per heavy atom. The average Bonchev–Trinajstić information content (AvgIpc) is 3.83. The fraction of sp³-hybridized carbons (Fsp3) is 0.444. The minimum absolute atomic E-state index is 0.0302. The first-order valence-electron chi connectivity index (χ1n) is 13.1. The number of anilines is 2. The molecule has 2 aliphatic heterocycles. The summed E-state index contributed by atoms with van der Waals surface area (Å²) in [4.78, 5) is 24.9. The molecule has 4 aliphatic rings. The SMILES string of the molecule is O=C1c2sc(-c3nc(Nc4cc5c(cc4C4CC4)C(F)CNC5)ncc3C(F)(F)F)cc2SCCN1C1CC1. The Bertz CT molecular complexity index is 1470. The van der Waals surface area contributed by atoms with Crippen molar-refractivity contribution < 1.29 is 22.4 Å². The maximum absolute atomic E-state index is 14.6. The first kappa shape index (κ1) is 25.3. The highest BCUT2D eigenvalue weighted by atomic mass is 32.2. The van der Waals surface area contributed by atoms with Crippen LogP contribution in [0.15, 0.2) is 29.3 Å². The smallest absolute Gasteiger partial charge is 0.334 e. The zero-order valence-corrected chi connectivity index (χ0v) is 22.4. The molecular weight excluding hydrogens is 550 g/mol. The molecule has 1 unspecified atom stereocenters. The second kappa shape index (κ2) is 9.45. The van der Waals surface area contributed by atoms with E-state index in [0.717, 1.165) is 54.3 Å². The number of nitrogens with zero attached hydrogens (tertiary/aromatic N) is 3. The monoisotopic (exact) mass is 575 g/mol. The molecule has 12 heteroatoms. The molecule has 0 bridgehead atoms. The van der Waals surface area contributed by atoms with E-state index in [1.54, 1.807) is 6.07 Å². The van der Waals surface area contributed by atoms with E-state index in [0.29, 0.717) is 39.9 Å². The van der Waals surface area contributed by atoms with Gasteiger partial charge in [0.2, 0.25) is 5.95 Å². The van der Waals surface area contributed by atoms with Crippen LogP contribution in [0.3, 0.4) is 0 Å². The number of amides is 1. The summed E-state index contributed by atoms with van der Waals surface area (Å²) in [5.74, 6) is 0.893. The van der Waals surface area contributed by atoms with Gasteiger partial charge in [-0.25, -0.2) is 14.4 Å². The fourth-order valence-electron chi connectivity index (χ4n) is 5.33. The number of aromatic nitrogens is 2. The van der Waals surface area contributed by atoms with E-state index in [2.05, 4.69) is 20.6 Å². The first-order valence-corrected chi connectivity index (χ1v) is 14.9. The number of carbonyl (C=O) groups is 1. The largest absolute Gasteiger partial charge is 0.420 e. The van der Waals surface area contributed by atoms with Gasteiger partial charge in [-0.2, -0.15) is 13.2 Å². The third-order valence-corrected chi connectivity index (χ3v) is 9.89. The van der Waals surface area contributed by atoms with Crippen molar-refractivity contribution in [2.24, 2.45) is 0 Å². The standard InChI is InChI=1S/C27H25F4N5OS2/c28-19-12-32-10-14-7-20(17(8-16(14)19)13-1-2-13)34-26-33-11-18(27(29,30)31)23(35-26)21-9-22-24(39-21)25(37)36(5-6-38-22)15-3-4-15/h7-9,11,13,15,19,32H,1-6,10,12H2,(H,33,34,35). The van der Waals surface area contributed by atoms with Crippen LogP contribution >= 0.6 is 23.1 Å². The van der Waals surface area contributed by atoms with Gasteiger partial charge in [0.15, 0.2) is 0 Å². The van der Waals surface area contributed by atoms with Crippen molar-refractivity contribution in [1.82, 2.24) is 20.2 Å². The molecule has 6 nitrogen and oxygen atoms in total. The maximum atomic E-state index is 14.6. The third kappa shape index (κ3) is 4.80. The molecule has 2 saturated carbocycles. The van der Waals surface area contributed by atoms with Gasteiger partial charge in [-0.1, -0.05) is 6.07 Å². The molecule has 204 valence electrons. The van der Waals surface area contributed by atoms with Crippen LogP contribution in [0.4, 0.5) is 29.2 Å². The summed E-state index contributed by atoms with van der Waals surface area (Å²) in [6.45, 7) is 1.42. The molecule has 2 aliphatic carbocycles. The Labute approximate surface area is 230 Å². The van der Waals surface area contributed by atoms with Crippen molar-refractivity contribution >= 4 is 40.6 Å². The second-order valence-electron chi connectivity index (χ2n) is 10.5. The van der Waals surface area contributed by atoms with E-state index in [9.17, 15) is 22.4 Å². The van der Waals surface area contributed by atoms with Crippen LogP contribution in [0, 0.1) is 0 Å². The molecular formula is C27H25F4N5OS2. The van der Waals surface area contributed by atoms with E-state index in [-0.39, 0.29) is 40.9 Å². The van der Waals surface area contributed by atoms with Gasteiger partial charge < -0.3 is 15.5 Å². The highest BCUT2D eigenvalue weighted by Gasteiger charge is 2.39. The lowest BCUT2D eigenvalue weighted by Crippen LogP contribution is -2.33. The van der Waals surface area contributed by atoms with Crippen LogP contribution in [0.2, 0.25) is 0 Å². The minimum atomic E-state index is -4.67. The van der Waals surface area contributed by atoms with E-state index < -0.39 is 17.9 Å². The number of thioether (sulfide) groups is 1. The van der Waals surface area contributed by atoms with Crippen molar-refractivity contribution in [3.8, 4) is 10.6 Å².